The summed E-state index contributed by atoms with van der Waals surface area (Å²) in [5, 5.41) is 2.89. The minimum Gasteiger partial charge on any atom is -0.322 e. The van der Waals surface area contributed by atoms with Gasteiger partial charge in [0.2, 0.25) is 0 Å². The number of nitrogens with zero attached hydrogens (tertiary/aromatic N) is 1. The van der Waals surface area contributed by atoms with E-state index < -0.39 is 0 Å². The van der Waals surface area contributed by atoms with Crippen molar-refractivity contribution in [2.75, 3.05) is 5.32 Å². The van der Waals surface area contributed by atoms with Crippen LogP contribution in [0.25, 0.3) is 0 Å². The topological polar surface area (TPSA) is 42.0 Å². The van der Waals surface area contributed by atoms with Gasteiger partial charge in [0, 0.05) is 21.9 Å². The number of nitrogens with one attached hydrogen (secondary N) is 1. The van der Waals surface area contributed by atoms with Gasteiger partial charge in [-0.05, 0) is 64.3 Å². The Kier molecular flexibility index (Phi) is 5.05. The van der Waals surface area contributed by atoms with Crippen molar-refractivity contribution >= 4 is 27.5 Å². The molecule has 0 saturated carbocycles. The van der Waals surface area contributed by atoms with E-state index in [0.717, 1.165) is 10.0 Å². The van der Waals surface area contributed by atoms with Gasteiger partial charge in [-0.25, -0.2) is 4.98 Å². The van der Waals surface area contributed by atoms with Crippen molar-refractivity contribution in [3.63, 3.8) is 0 Å². The molecule has 0 spiro atoms. The van der Waals surface area contributed by atoms with Crippen molar-refractivity contribution in [3.05, 3.63) is 94.2 Å². The number of amides is 1. The van der Waals surface area contributed by atoms with Crippen LogP contribution in [-0.4, -0.2) is 10.9 Å². The predicted octanol–water partition coefficient (Wildman–Crippen LogP) is 4.50. The van der Waals surface area contributed by atoms with Gasteiger partial charge >= 0.3 is 0 Å². The van der Waals surface area contributed by atoms with E-state index in [1.165, 1.54) is 0 Å². The molecule has 0 radical (unpaired) electrons. The van der Waals surface area contributed by atoms with Crippen LogP contribution in [0, 0.1) is 11.8 Å². The van der Waals surface area contributed by atoms with Gasteiger partial charge in [0.25, 0.3) is 5.91 Å². The van der Waals surface area contributed by atoms with Crippen LogP contribution >= 0.6 is 15.9 Å². The molecule has 0 saturated heterocycles. The average Bonchev–Trinajstić information content (AvgIpc) is 2.61. The fourth-order valence-electron chi connectivity index (χ4n) is 2.09. The van der Waals surface area contributed by atoms with Gasteiger partial charge in [-0.2, -0.15) is 0 Å². The number of carbonyl (C=O) groups excluding carboxylic acids is 1. The maximum Gasteiger partial charge on any atom is 0.256 e. The molecule has 116 valence electrons. The zero-order chi connectivity index (χ0) is 16.8. The largest absolute Gasteiger partial charge is 0.322 e. The van der Waals surface area contributed by atoms with E-state index in [9.17, 15) is 4.79 Å². The summed E-state index contributed by atoms with van der Waals surface area (Å²) in [6.45, 7) is 0. The third kappa shape index (κ3) is 4.09. The van der Waals surface area contributed by atoms with Crippen molar-refractivity contribution < 1.29 is 4.79 Å². The van der Waals surface area contributed by atoms with Gasteiger partial charge in [-0.3, -0.25) is 4.79 Å². The van der Waals surface area contributed by atoms with Crippen LogP contribution in [0.5, 0.6) is 0 Å². The molecule has 0 unspecified atom stereocenters. The summed E-state index contributed by atoms with van der Waals surface area (Å²) in [5.41, 5.74) is 2.80. The Morgan fingerprint density at radius 3 is 2.58 bits per heavy atom. The van der Waals surface area contributed by atoms with E-state index in [4.69, 9.17) is 0 Å². The van der Waals surface area contributed by atoms with E-state index in [-0.39, 0.29) is 5.91 Å². The Hall–Kier alpha value is -2.90. The van der Waals surface area contributed by atoms with Crippen LogP contribution in [0.2, 0.25) is 0 Å². The van der Waals surface area contributed by atoms with Crippen molar-refractivity contribution in [2.24, 2.45) is 0 Å². The first-order valence-corrected chi connectivity index (χ1v) is 8.11. The van der Waals surface area contributed by atoms with Crippen molar-refractivity contribution in [1.29, 1.82) is 0 Å². The molecule has 0 bridgehead atoms. The van der Waals surface area contributed by atoms with Gasteiger partial charge in [0.05, 0.1) is 5.56 Å². The first-order valence-electron chi connectivity index (χ1n) is 7.31. The molecule has 2 aromatic carbocycles. The molecule has 1 N–H and O–H groups in total. The number of anilines is 1. The molecule has 0 atom stereocenters. The summed E-state index contributed by atoms with van der Waals surface area (Å²) in [5.74, 6) is 5.88. The molecule has 3 aromatic rings. The fourth-order valence-corrected chi connectivity index (χ4v) is 2.56. The molecule has 4 heteroatoms. The monoisotopic (exact) mass is 376 g/mol. The molecule has 0 aliphatic carbocycles. The lowest BCUT2D eigenvalue weighted by Crippen LogP contribution is -2.12. The molecular weight excluding hydrogens is 364 g/mol. The number of rotatable bonds is 2. The molecule has 1 heterocycles. The number of hydrogen-bond donors (Lipinski definition) is 1. The molecular formula is C20H13BrN2O. The Labute approximate surface area is 148 Å². The maximum absolute atomic E-state index is 12.3. The summed E-state index contributed by atoms with van der Waals surface area (Å²) >= 11 is 3.39. The van der Waals surface area contributed by atoms with Gasteiger partial charge in [-0.1, -0.05) is 30.2 Å². The number of benzene rings is 2. The lowest BCUT2D eigenvalue weighted by atomic mass is 10.1. The van der Waals surface area contributed by atoms with E-state index in [0.29, 0.717) is 16.9 Å². The normalized spacial score (nSPS) is 9.71. The second-order valence-corrected chi connectivity index (χ2v) is 5.83. The molecule has 0 aliphatic rings. The second-order valence-electron chi connectivity index (χ2n) is 4.98. The highest BCUT2D eigenvalue weighted by atomic mass is 79.9. The van der Waals surface area contributed by atoms with Crippen LogP contribution in [-0.2, 0) is 0 Å². The summed E-state index contributed by atoms with van der Waals surface area (Å²) in [7, 11) is 0. The van der Waals surface area contributed by atoms with E-state index in [1.807, 2.05) is 60.7 Å². The zero-order valence-corrected chi connectivity index (χ0v) is 14.2. The van der Waals surface area contributed by atoms with Gasteiger partial charge in [0.1, 0.15) is 5.69 Å². The summed E-state index contributed by atoms with van der Waals surface area (Å²) < 4.78 is 0.758. The molecule has 1 aromatic heterocycles. The fraction of sp³-hybridized carbons (Fsp3) is 0. The van der Waals surface area contributed by atoms with E-state index in [1.54, 1.807) is 12.3 Å². The first-order chi connectivity index (χ1) is 11.7. The molecule has 1 amide bonds. The van der Waals surface area contributed by atoms with Crippen LogP contribution in [0.1, 0.15) is 21.6 Å². The average molecular weight is 377 g/mol. The highest BCUT2D eigenvalue weighted by molar-refractivity contribution is 9.10. The first kappa shape index (κ1) is 16.0. The quantitative estimate of drug-likeness (QED) is 0.669. The zero-order valence-electron chi connectivity index (χ0n) is 12.7. The third-order valence-electron chi connectivity index (χ3n) is 3.24. The molecule has 3 nitrogen and oxygen atoms in total. The van der Waals surface area contributed by atoms with Crippen LogP contribution in [0.4, 0.5) is 5.69 Å². The minimum atomic E-state index is -0.169. The number of pyridine rings is 1. The Morgan fingerprint density at radius 1 is 0.958 bits per heavy atom. The minimum absolute atomic E-state index is 0.169. The molecule has 24 heavy (non-hydrogen) atoms. The van der Waals surface area contributed by atoms with Crippen LogP contribution in [0.15, 0.2) is 77.4 Å². The van der Waals surface area contributed by atoms with E-state index >= 15 is 0 Å². The van der Waals surface area contributed by atoms with Crippen molar-refractivity contribution in [1.82, 2.24) is 4.98 Å². The van der Waals surface area contributed by atoms with Gasteiger partial charge < -0.3 is 5.32 Å². The highest BCUT2D eigenvalue weighted by Crippen LogP contribution is 2.18. The smallest absolute Gasteiger partial charge is 0.256 e. The lowest BCUT2D eigenvalue weighted by molar-refractivity contribution is 0.102. The van der Waals surface area contributed by atoms with Gasteiger partial charge in [-0.15, -0.1) is 0 Å². The van der Waals surface area contributed by atoms with Gasteiger partial charge in [0.15, 0.2) is 0 Å². The number of halogens is 1. The Balaban J connectivity index is 1.78. The molecule has 0 aliphatic heterocycles. The van der Waals surface area contributed by atoms with Crippen LogP contribution in [0.3, 0.4) is 0 Å². The predicted molar refractivity (Wildman–Crippen MR) is 98.8 cm³/mol. The summed E-state index contributed by atoms with van der Waals surface area (Å²) in [6, 6.07) is 20.3. The summed E-state index contributed by atoms with van der Waals surface area (Å²) in [6.07, 6.45) is 1.71. The molecule has 3 rings (SSSR count). The standard InChI is InChI=1S/C20H13BrN2O/c21-19-10-2-1-9-18(19)20(24)23-17-8-5-6-15(14-17)11-12-16-7-3-4-13-22-16/h1-10,13-14H,(H,23,24). The van der Waals surface area contributed by atoms with Crippen molar-refractivity contribution in [2.45, 2.75) is 0 Å². The van der Waals surface area contributed by atoms with Crippen LogP contribution < -0.4 is 5.32 Å². The number of carbonyl (C=O) groups is 1. The lowest BCUT2D eigenvalue weighted by Gasteiger charge is -2.07. The SMILES string of the molecule is O=C(Nc1cccc(C#Cc2ccccn2)c1)c1ccccc1Br. The molecule has 0 fully saturated rings. The third-order valence-corrected chi connectivity index (χ3v) is 3.93. The number of hydrogen-bond acceptors (Lipinski definition) is 2. The highest BCUT2D eigenvalue weighted by Gasteiger charge is 2.09. The Morgan fingerprint density at radius 2 is 1.79 bits per heavy atom. The Bertz CT molecular complexity index is 927. The maximum atomic E-state index is 12.3. The van der Waals surface area contributed by atoms with E-state index in [2.05, 4.69) is 38.1 Å². The second kappa shape index (κ2) is 7.58. The summed E-state index contributed by atoms with van der Waals surface area (Å²) in [4.78, 5) is 16.5. The van der Waals surface area contributed by atoms with Crippen molar-refractivity contribution in [3.8, 4) is 11.8 Å². The number of aromatic nitrogens is 1.